The number of aliphatic hydroxyl groups is 1. The quantitative estimate of drug-likeness (QED) is 0.636. The second kappa shape index (κ2) is 4.40. The zero-order chi connectivity index (χ0) is 9.10. The second-order valence-electron chi connectivity index (χ2n) is 4.41. The molecule has 0 spiro atoms. The number of hydrogen-bond donors (Lipinski definition) is 2. The maximum absolute atomic E-state index is 9.56. The van der Waals surface area contributed by atoms with Crippen LogP contribution in [0.3, 0.4) is 0 Å². The first-order valence-corrected chi connectivity index (χ1v) is 5.46. The van der Waals surface area contributed by atoms with Crippen LogP contribution in [0.15, 0.2) is 0 Å². The molecule has 2 aliphatic rings. The first kappa shape index (κ1) is 9.44. The molecule has 0 aromatic rings. The molecule has 1 unspecified atom stereocenters. The van der Waals surface area contributed by atoms with Crippen molar-refractivity contribution < 1.29 is 5.11 Å². The van der Waals surface area contributed by atoms with E-state index < -0.39 is 0 Å². The third-order valence-electron chi connectivity index (χ3n) is 3.19. The van der Waals surface area contributed by atoms with Crippen molar-refractivity contribution in [3.63, 3.8) is 0 Å². The van der Waals surface area contributed by atoms with Gasteiger partial charge < -0.3 is 10.4 Å². The molecule has 0 aromatic carbocycles. The fourth-order valence-electron chi connectivity index (χ4n) is 2.17. The Morgan fingerprint density at radius 3 is 2.92 bits per heavy atom. The van der Waals surface area contributed by atoms with Crippen molar-refractivity contribution in [3.05, 3.63) is 0 Å². The molecule has 1 aliphatic carbocycles. The molecule has 0 amide bonds. The maximum atomic E-state index is 9.56. The number of aliphatic hydroxyl groups excluding tert-OH is 1. The Balaban J connectivity index is 1.75. The van der Waals surface area contributed by atoms with Gasteiger partial charge in [0.25, 0.3) is 0 Å². The fourth-order valence-corrected chi connectivity index (χ4v) is 2.17. The van der Waals surface area contributed by atoms with Gasteiger partial charge in [-0.25, -0.2) is 0 Å². The van der Waals surface area contributed by atoms with Gasteiger partial charge in [0.2, 0.25) is 0 Å². The first-order valence-electron chi connectivity index (χ1n) is 5.46. The van der Waals surface area contributed by atoms with E-state index in [4.69, 9.17) is 0 Å². The van der Waals surface area contributed by atoms with Gasteiger partial charge in [-0.2, -0.15) is 0 Å². The van der Waals surface area contributed by atoms with Crippen LogP contribution in [0.2, 0.25) is 0 Å². The van der Waals surface area contributed by atoms with Crippen LogP contribution in [0.5, 0.6) is 0 Å². The maximum Gasteiger partial charge on any atom is 0.0791 e. The second-order valence-corrected chi connectivity index (χ2v) is 4.41. The molecule has 3 heteroatoms. The first-order chi connectivity index (χ1) is 6.34. The summed E-state index contributed by atoms with van der Waals surface area (Å²) >= 11 is 0. The molecule has 1 heterocycles. The van der Waals surface area contributed by atoms with Gasteiger partial charge in [0.05, 0.1) is 6.10 Å². The van der Waals surface area contributed by atoms with E-state index in [-0.39, 0.29) is 6.10 Å². The van der Waals surface area contributed by atoms with Crippen molar-refractivity contribution in [2.24, 2.45) is 5.92 Å². The molecule has 1 aliphatic heterocycles. The van der Waals surface area contributed by atoms with E-state index in [1.165, 1.54) is 25.8 Å². The molecule has 1 saturated heterocycles. The van der Waals surface area contributed by atoms with E-state index >= 15 is 0 Å². The highest BCUT2D eigenvalue weighted by Crippen LogP contribution is 2.27. The normalized spacial score (nSPS) is 32.5. The predicted molar refractivity (Wildman–Crippen MR) is 52.7 cm³/mol. The van der Waals surface area contributed by atoms with Crippen LogP contribution < -0.4 is 5.32 Å². The largest absolute Gasteiger partial charge is 0.390 e. The Morgan fingerprint density at radius 1 is 1.38 bits per heavy atom. The van der Waals surface area contributed by atoms with Gasteiger partial charge in [-0.1, -0.05) is 6.42 Å². The van der Waals surface area contributed by atoms with E-state index in [2.05, 4.69) is 10.2 Å². The zero-order valence-electron chi connectivity index (χ0n) is 8.21. The number of nitrogens with zero attached hydrogens (tertiary/aromatic N) is 1. The molecular formula is C10H20N2O. The molecule has 2 rings (SSSR count). The van der Waals surface area contributed by atoms with Gasteiger partial charge >= 0.3 is 0 Å². The Hall–Kier alpha value is -0.120. The third kappa shape index (κ3) is 2.66. The minimum atomic E-state index is -0.164. The average molecular weight is 184 g/mol. The summed E-state index contributed by atoms with van der Waals surface area (Å²) in [5.74, 6) is 0.922. The van der Waals surface area contributed by atoms with Gasteiger partial charge in [0.15, 0.2) is 0 Å². The standard InChI is InChI=1S/C10H20N2O/c13-10-6-11-4-5-12(8-10)7-9-2-1-3-9/h9-11,13H,1-8H2. The molecule has 76 valence electrons. The summed E-state index contributed by atoms with van der Waals surface area (Å²) in [7, 11) is 0. The molecule has 3 nitrogen and oxygen atoms in total. The highest BCUT2D eigenvalue weighted by atomic mass is 16.3. The minimum Gasteiger partial charge on any atom is -0.390 e. The van der Waals surface area contributed by atoms with Crippen LogP contribution in [0, 0.1) is 5.92 Å². The van der Waals surface area contributed by atoms with Crippen LogP contribution in [0.25, 0.3) is 0 Å². The van der Waals surface area contributed by atoms with Crippen LogP contribution >= 0.6 is 0 Å². The Labute approximate surface area is 80.1 Å². The van der Waals surface area contributed by atoms with Crippen molar-refractivity contribution >= 4 is 0 Å². The molecule has 1 saturated carbocycles. The van der Waals surface area contributed by atoms with Gasteiger partial charge in [0.1, 0.15) is 0 Å². The number of hydrogen-bond acceptors (Lipinski definition) is 3. The zero-order valence-corrected chi connectivity index (χ0v) is 8.21. The lowest BCUT2D eigenvalue weighted by atomic mass is 9.85. The van der Waals surface area contributed by atoms with Gasteiger partial charge in [-0.3, -0.25) is 4.90 Å². The van der Waals surface area contributed by atoms with Crippen molar-refractivity contribution in [1.29, 1.82) is 0 Å². The number of rotatable bonds is 2. The monoisotopic (exact) mass is 184 g/mol. The van der Waals surface area contributed by atoms with E-state index in [1.807, 2.05) is 0 Å². The van der Waals surface area contributed by atoms with Crippen molar-refractivity contribution in [2.45, 2.75) is 25.4 Å². The Bertz CT molecular complexity index is 159. The van der Waals surface area contributed by atoms with E-state index in [0.717, 1.165) is 32.1 Å². The lowest BCUT2D eigenvalue weighted by Crippen LogP contribution is -2.38. The molecular weight excluding hydrogens is 164 g/mol. The van der Waals surface area contributed by atoms with Crippen LogP contribution in [-0.2, 0) is 0 Å². The van der Waals surface area contributed by atoms with Crippen molar-refractivity contribution in [3.8, 4) is 0 Å². The average Bonchev–Trinajstić information content (AvgIpc) is 2.22. The topological polar surface area (TPSA) is 35.5 Å². The number of β-amino-alcohol motifs (C(OH)–C–C–N with tert-alkyl or cyclic N) is 1. The summed E-state index contributed by atoms with van der Waals surface area (Å²) in [6.07, 6.45) is 4.06. The van der Waals surface area contributed by atoms with Crippen LogP contribution in [-0.4, -0.2) is 48.8 Å². The highest BCUT2D eigenvalue weighted by Gasteiger charge is 2.22. The lowest BCUT2D eigenvalue weighted by molar-refractivity contribution is 0.108. The SMILES string of the molecule is OC1CNCCN(CC2CCC2)C1. The smallest absolute Gasteiger partial charge is 0.0791 e. The Kier molecular flexibility index (Phi) is 3.19. The molecule has 0 bridgehead atoms. The summed E-state index contributed by atoms with van der Waals surface area (Å²) in [6, 6.07) is 0. The summed E-state index contributed by atoms with van der Waals surface area (Å²) in [5.41, 5.74) is 0. The fraction of sp³-hybridized carbons (Fsp3) is 1.00. The lowest BCUT2D eigenvalue weighted by Gasteiger charge is -2.32. The van der Waals surface area contributed by atoms with E-state index in [0.29, 0.717) is 0 Å². The van der Waals surface area contributed by atoms with E-state index in [9.17, 15) is 5.11 Å². The molecule has 0 radical (unpaired) electrons. The molecule has 0 aromatic heterocycles. The number of nitrogens with one attached hydrogen (secondary N) is 1. The van der Waals surface area contributed by atoms with Gasteiger partial charge in [0, 0.05) is 32.7 Å². The van der Waals surface area contributed by atoms with Crippen molar-refractivity contribution in [1.82, 2.24) is 10.2 Å². The van der Waals surface area contributed by atoms with E-state index in [1.54, 1.807) is 0 Å². The third-order valence-corrected chi connectivity index (χ3v) is 3.19. The molecule has 2 N–H and O–H groups in total. The molecule has 2 fully saturated rings. The van der Waals surface area contributed by atoms with Crippen molar-refractivity contribution in [2.75, 3.05) is 32.7 Å². The summed E-state index contributed by atoms with van der Waals surface area (Å²) in [4.78, 5) is 2.41. The van der Waals surface area contributed by atoms with Gasteiger partial charge in [-0.15, -0.1) is 0 Å². The molecule has 13 heavy (non-hydrogen) atoms. The summed E-state index contributed by atoms with van der Waals surface area (Å²) < 4.78 is 0. The summed E-state index contributed by atoms with van der Waals surface area (Å²) in [5, 5.41) is 12.8. The predicted octanol–water partition coefficient (Wildman–Crippen LogP) is 0.0526. The van der Waals surface area contributed by atoms with Crippen LogP contribution in [0.1, 0.15) is 19.3 Å². The highest BCUT2D eigenvalue weighted by molar-refractivity contribution is 4.78. The summed E-state index contributed by atoms with van der Waals surface area (Å²) in [6.45, 7) is 4.97. The van der Waals surface area contributed by atoms with Crippen LogP contribution in [0.4, 0.5) is 0 Å². The Morgan fingerprint density at radius 2 is 2.23 bits per heavy atom. The molecule has 1 atom stereocenters. The minimum absolute atomic E-state index is 0.164. The van der Waals surface area contributed by atoms with Gasteiger partial charge in [-0.05, 0) is 18.8 Å².